The number of unbranched alkanes of at least 4 members (excludes halogenated alkanes) is 1. The molecule has 0 saturated carbocycles. The number of hydrogen-bond donors (Lipinski definition) is 0. The molecule has 0 spiro atoms. The second-order valence-corrected chi connectivity index (χ2v) is 4.56. The molecular formula is C14H18O2. The summed E-state index contributed by atoms with van der Waals surface area (Å²) in [4.78, 5) is 11.5. The summed E-state index contributed by atoms with van der Waals surface area (Å²) < 4.78 is 5.26. The summed E-state index contributed by atoms with van der Waals surface area (Å²) in [6, 6.07) is 6.07. The van der Waals surface area contributed by atoms with Crippen LogP contribution in [0.25, 0.3) is 0 Å². The Hall–Kier alpha value is -1.31. The maximum Gasteiger partial charge on any atom is 0.311 e. The molecule has 1 atom stereocenters. The zero-order valence-electron chi connectivity index (χ0n) is 9.95. The van der Waals surface area contributed by atoms with Gasteiger partial charge in [0.1, 0.15) is 5.75 Å². The molecule has 1 aromatic carbocycles. The van der Waals surface area contributed by atoms with E-state index in [1.54, 1.807) is 0 Å². The second-order valence-electron chi connectivity index (χ2n) is 4.56. The topological polar surface area (TPSA) is 26.3 Å². The number of carbonyl (C=O) groups is 1. The van der Waals surface area contributed by atoms with Gasteiger partial charge in [0.25, 0.3) is 0 Å². The zero-order valence-corrected chi connectivity index (χ0v) is 9.95. The SMILES string of the molecule is CCCCC1CC(=O)Oc2ccc(C)cc21. The third-order valence-electron chi connectivity index (χ3n) is 3.15. The molecule has 0 fully saturated rings. The molecule has 2 rings (SSSR count). The standard InChI is InChI=1S/C14H18O2/c1-3-4-5-11-9-14(15)16-13-7-6-10(2)8-12(11)13/h6-8,11H,3-5,9H2,1-2H3. The number of carbonyl (C=O) groups excluding carboxylic acids is 1. The van der Waals surface area contributed by atoms with E-state index >= 15 is 0 Å². The summed E-state index contributed by atoms with van der Waals surface area (Å²) >= 11 is 0. The number of ether oxygens (including phenoxy) is 1. The summed E-state index contributed by atoms with van der Waals surface area (Å²) in [5.74, 6) is 1.04. The van der Waals surface area contributed by atoms with Crippen molar-refractivity contribution in [2.75, 3.05) is 0 Å². The quantitative estimate of drug-likeness (QED) is 0.572. The molecule has 1 aliphatic heterocycles. The Bertz CT molecular complexity index is 396. The molecule has 0 aromatic heterocycles. The Balaban J connectivity index is 2.28. The minimum Gasteiger partial charge on any atom is -0.426 e. The fourth-order valence-corrected chi connectivity index (χ4v) is 2.26. The number of aryl methyl sites for hydroxylation is 1. The van der Waals surface area contributed by atoms with E-state index < -0.39 is 0 Å². The van der Waals surface area contributed by atoms with Gasteiger partial charge >= 0.3 is 5.97 Å². The maximum atomic E-state index is 11.5. The van der Waals surface area contributed by atoms with Gasteiger partial charge < -0.3 is 4.74 Å². The van der Waals surface area contributed by atoms with Gasteiger partial charge in [-0.1, -0.05) is 37.5 Å². The van der Waals surface area contributed by atoms with Gasteiger partial charge in [0, 0.05) is 0 Å². The molecule has 1 heterocycles. The lowest BCUT2D eigenvalue weighted by atomic mass is 9.87. The van der Waals surface area contributed by atoms with Gasteiger partial charge in [-0.2, -0.15) is 0 Å². The largest absolute Gasteiger partial charge is 0.426 e. The third kappa shape index (κ3) is 2.26. The molecule has 0 aliphatic carbocycles. The van der Waals surface area contributed by atoms with Gasteiger partial charge in [-0.3, -0.25) is 4.79 Å². The van der Waals surface area contributed by atoms with Crippen LogP contribution in [0.4, 0.5) is 0 Å². The van der Waals surface area contributed by atoms with Crippen LogP contribution in [-0.4, -0.2) is 5.97 Å². The fourth-order valence-electron chi connectivity index (χ4n) is 2.26. The van der Waals surface area contributed by atoms with Crippen LogP contribution in [-0.2, 0) is 4.79 Å². The van der Waals surface area contributed by atoms with Crippen molar-refractivity contribution in [3.63, 3.8) is 0 Å². The molecule has 2 heteroatoms. The molecule has 1 aromatic rings. The Kier molecular flexibility index (Phi) is 3.28. The lowest BCUT2D eigenvalue weighted by molar-refractivity contribution is -0.136. The van der Waals surface area contributed by atoms with Crippen LogP contribution >= 0.6 is 0 Å². The summed E-state index contributed by atoms with van der Waals surface area (Å²) in [7, 11) is 0. The maximum absolute atomic E-state index is 11.5. The number of esters is 1. The van der Waals surface area contributed by atoms with Gasteiger partial charge in [0.05, 0.1) is 6.42 Å². The van der Waals surface area contributed by atoms with Gasteiger partial charge in [0.2, 0.25) is 0 Å². The first-order chi connectivity index (χ1) is 7.70. The molecule has 0 amide bonds. The van der Waals surface area contributed by atoms with E-state index in [2.05, 4.69) is 19.9 Å². The molecule has 16 heavy (non-hydrogen) atoms. The van der Waals surface area contributed by atoms with Crippen molar-refractivity contribution in [1.82, 2.24) is 0 Å². The molecule has 1 unspecified atom stereocenters. The molecule has 1 aliphatic rings. The Labute approximate surface area is 96.6 Å². The predicted octanol–water partition coefficient (Wildman–Crippen LogP) is 3.58. The van der Waals surface area contributed by atoms with E-state index in [4.69, 9.17) is 4.74 Å². The van der Waals surface area contributed by atoms with Crippen molar-refractivity contribution in [3.05, 3.63) is 29.3 Å². The summed E-state index contributed by atoms with van der Waals surface area (Å²) in [5.41, 5.74) is 2.45. The summed E-state index contributed by atoms with van der Waals surface area (Å²) in [6.45, 7) is 4.26. The van der Waals surface area contributed by atoms with Crippen molar-refractivity contribution in [2.45, 2.75) is 45.4 Å². The molecular weight excluding hydrogens is 200 g/mol. The van der Waals surface area contributed by atoms with Crippen LogP contribution in [0.5, 0.6) is 5.75 Å². The zero-order chi connectivity index (χ0) is 11.5. The van der Waals surface area contributed by atoms with Crippen molar-refractivity contribution >= 4 is 5.97 Å². The van der Waals surface area contributed by atoms with E-state index in [-0.39, 0.29) is 5.97 Å². The monoisotopic (exact) mass is 218 g/mol. The van der Waals surface area contributed by atoms with E-state index in [1.165, 1.54) is 24.0 Å². The Morgan fingerprint density at radius 2 is 2.25 bits per heavy atom. The fraction of sp³-hybridized carbons (Fsp3) is 0.500. The minimum absolute atomic E-state index is 0.0857. The van der Waals surface area contributed by atoms with Crippen LogP contribution in [0.15, 0.2) is 18.2 Å². The van der Waals surface area contributed by atoms with Crippen LogP contribution < -0.4 is 4.74 Å². The summed E-state index contributed by atoms with van der Waals surface area (Å²) in [5, 5.41) is 0. The number of benzene rings is 1. The Morgan fingerprint density at radius 1 is 1.44 bits per heavy atom. The molecule has 0 saturated heterocycles. The molecule has 2 nitrogen and oxygen atoms in total. The highest BCUT2D eigenvalue weighted by molar-refractivity contribution is 5.76. The third-order valence-corrected chi connectivity index (χ3v) is 3.15. The van der Waals surface area contributed by atoms with Crippen LogP contribution in [0.2, 0.25) is 0 Å². The number of rotatable bonds is 3. The predicted molar refractivity (Wildman–Crippen MR) is 63.7 cm³/mol. The molecule has 0 radical (unpaired) electrons. The Morgan fingerprint density at radius 3 is 3.00 bits per heavy atom. The first kappa shape index (κ1) is 11.2. The van der Waals surface area contributed by atoms with E-state index in [9.17, 15) is 4.79 Å². The van der Waals surface area contributed by atoms with Crippen molar-refractivity contribution < 1.29 is 9.53 Å². The van der Waals surface area contributed by atoms with Gasteiger partial charge in [0.15, 0.2) is 0 Å². The minimum atomic E-state index is -0.0857. The first-order valence-electron chi connectivity index (χ1n) is 6.02. The van der Waals surface area contributed by atoms with Crippen molar-refractivity contribution in [2.24, 2.45) is 0 Å². The van der Waals surface area contributed by atoms with Crippen molar-refractivity contribution in [3.8, 4) is 5.75 Å². The highest BCUT2D eigenvalue weighted by Gasteiger charge is 2.26. The van der Waals surface area contributed by atoms with Crippen LogP contribution in [0.3, 0.4) is 0 Å². The molecule has 0 bridgehead atoms. The number of fused-ring (bicyclic) bond motifs is 1. The van der Waals surface area contributed by atoms with Crippen LogP contribution in [0.1, 0.15) is 49.7 Å². The molecule has 86 valence electrons. The lowest BCUT2D eigenvalue weighted by Crippen LogP contribution is -2.20. The van der Waals surface area contributed by atoms with Gasteiger partial charge in [-0.05, 0) is 30.9 Å². The second kappa shape index (κ2) is 4.69. The number of hydrogen-bond acceptors (Lipinski definition) is 2. The van der Waals surface area contributed by atoms with E-state index in [0.29, 0.717) is 12.3 Å². The summed E-state index contributed by atoms with van der Waals surface area (Å²) in [6.07, 6.45) is 3.97. The molecule has 0 N–H and O–H groups in total. The smallest absolute Gasteiger partial charge is 0.311 e. The lowest BCUT2D eigenvalue weighted by Gasteiger charge is -2.24. The average molecular weight is 218 g/mol. The van der Waals surface area contributed by atoms with Gasteiger partial charge in [-0.25, -0.2) is 0 Å². The highest BCUT2D eigenvalue weighted by atomic mass is 16.5. The van der Waals surface area contributed by atoms with Crippen molar-refractivity contribution in [1.29, 1.82) is 0 Å². The van der Waals surface area contributed by atoms with E-state index in [1.807, 2.05) is 12.1 Å². The van der Waals surface area contributed by atoms with Crippen LogP contribution in [0, 0.1) is 6.92 Å². The van der Waals surface area contributed by atoms with E-state index in [0.717, 1.165) is 12.2 Å². The highest BCUT2D eigenvalue weighted by Crippen LogP contribution is 2.37. The average Bonchev–Trinajstić information content (AvgIpc) is 2.26. The van der Waals surface area contributed by atoms with Gasteiger partial charge in [-0.15, -0.1) is 0 Å². The first-order valence-corrected chi connectivity index (χ1v) is 6.02. The normalized spacial score (nSPS) is 19.1.